The third-order valence-corrected chi connectivity index (χ3v) is 5.46. The van der Waals surface area contributed by atoms with Crippen LogP contribution in [0, 0.1) is 13.8 Å². The zero-order chi connectivity index (χ0) is 20.3. The molecule has 3 rings (SSSR count). The zero-order valence-electron chi connectivity index (χ0n) is 15.9. The van der Waals surface area contributed by atoms with E-state index in [0.29, 0.717) is 27.6 Å². The van der Waals surface area contributed by atoms with Crippen molar-refractivity contribution >= 4 is 35.0 Å². The van der Waals surface area contributed by atoms with Gasteiger partial charge in [-0.25, -0.2) is 0 Å². The highest BCUT2D eigenvalue weighted by Gasteiger charge is 2.19. The van der Waals surface area contributed by atoms with Crippen LogP contribution >= 0.6 is 23.4 Å². The number of rotatable bonds is 6. The Kier molecular flexibility index (Phi) is 6.26. The Labute approximate surface area is 172 Å². The maximum atomic E-state index is 12.4. The summed E-state index contributed by atoms with van der Waals surface area (Å²) < 4.78 is 10.8. The highest BCUT2D eigenvalue weighted by molar-refractivity contribution is 8.00. The van der Waals surface area contributed by atoms with Gasteiger partial charge in [-0.1, -0.05) is 29.4 Å². The van der Waals surface area contributed by atoms with Crippen LogP contribution in [-0.2, 0) is 4.79 Å². The predicted octanol–water partition coefficient (Wildman–Crippen LogP) is 5.13. The second-order valence-corrected chi connectivity index (χ2v) is 7.97. The van der Waals surface area contributed by atoms with E-state index in [1.165, 1.54) is 24.4 Å². The first-order chi connectivity index (χ1) is 13.4. The fraction of sp³-hybridized carbons (Fsp3) is 0.250. The van der Waals surface area contributed by atoms with Crippen LogP contribution in [0.4, 0.5) is 5.69 Å². The quantitative estimate of drug-likeness (QED) is 0.560. The molecule has 146 valence electrons. The average Bonchev–Trinajstić information content (AvgIpc) is 3.12. The number of hydrogen-bond acceptors (Lipinski definition) is 6. The second kappa shape index (κ2) is 8.67. The summed E-state index contributed by atoms with van der Waals surface area (Å²) in [6.07, 6.45) is 0. The lowest BCUT2D eigenvalue weighted by Gasteiger charge is -2.11. The largest absolute Gasteiger partial charge is 0.495 e. The van der Waals surface area contributed by atoms with Gasteiger partial charge in [0, 0.05) is 11.3 Å². The molecular formula is C20H20ClN3O3S. The normalized spacial score (nSPS) is 11.9. The number of nitrogens with one attached hydrogen (secondary N) is 1. The third kappa shape index (κ3) is 4.66. The van der Waals surface area contributed by atoms with Crippen LogP contribution in [0.3, 0.4) is 0 Å². The lowest BCUT2D eigenvalue weighted by molar-refractivity contribution is -0.115. The molecule has 1 amide bonds. The number of ether oxygens (including phenoxy) is 1. The van der Waals surface area contributed by atoms with Gasteiger partial charge in [-0.3, -0.25) is 4.79 Å². The highest BCUT2D eigenvalue weighted by atomic mass is 35.5. The van der Waals surface area contributed by atoms with Crippen LogP contribution in [0.15, 0.2) is 46.0 Å². The maximum Gasteiger partial charge on any atom is 0.277 e. The summed E-state index contributed by atoms with van der Waals surface area (Å²) in [5.74, 6) is 0.782. The number of aromatic nitrogens is 2. The molecule has 0 spiro atoms. The molecule has 0 aliphatic carbocycles. The molecule has 1 atom stereocenters. The van der Waals surface area contributed by atoms with E-state index >= 15 is 0 Å². The van der Waals surface area contributed by atoms with Crippen molar-refractivity contribution < 1.29 is 13.9 Å². The molecule has 0 bridgehead atoms. The number of thioether (sulfide) groups is 1. The lowest BCUT2D eigenvalue weighted by Crippen LogP contribution is -2.22. The van der Waals surface area contributed by atoms with E-state index < -0.39 is 5.25 Å². The van der Waals surface area contributed by atoms with Gasteiger partial charge in [0.05, 0.1) is 17.4 Å². The molecule has 0 saturated heterocycles. The SMILES string of the molecule is COc1ccc(NC(=O)[C@H](C)Sc2nnc(-c3ccc(C)c(C)c3)o2)cc1Cl. The standard InChI is InChI=1S/C20H20ClN3O3S/c1-11-5-6-14(9-12(11)2)19-23-24-20(27-19)28-13(3)18(25)22-15-7-8-17(26-4)16(21)10-15/h5-10,13H,1-4H3,(H,22,25)/t13-/m0/s1. The molecule has 0 aliphatic heterocycles. The molecule has 0 unspecified atom stereocenters. The maximum absolute atomic E-state index is 12.4. The van der Waals surface area contributed by atoms with Crippen molar-refractivity contribution in [3.8, 4) is 17.2 Å². The van der Waals surface area contributed by atoms with E-state index in [-0.39, 0.29) is 5.91 Å². The van der Waals surface area contributed by atoms with Gasteiger partial charge in [-0.2, -0.15) is 0 Å². The predicted molar refractivity (Wildman–Crippen MR) is 111 cm³/mol. The molecule has 2 aromatic carbocycles. The lowest BCUT2D eigenvalue weighted by atomic mass is 10.1. The van der Waals surface area contributed by atoms with Gasteiger partial charge in [0.25, 0.3) is 5.22 Å². The summed E-state index contributed by atoms with van der Waals surface area (Å²) in [5.41, 5.74) is 3.79. The van der Waals surface area contributed by atoms with E-state index in [1.54, 1.807) is 25.1 Å². The van der Waals surface area contributed by atoms with Crippen LogP contribution in [0.2, 0.25) is 5.02 Å². The summed E-state index contributed by atoms with van der Waals surface area (Å²) >= 11 is 7.28. The molecule has 0 saturated carbocycles. The van der Waals surface area contributed by atoms with Crippen LogP contribution in [-0.4, -0.2) is 28.5 Å². The molecule has 6 nitrogen and oxygen atoms in total. The number of aryl methyl sites for hydroxylation is 2. The third-order valence-electron chi connectivity index (χ3n) is 4.23. The van der Waals surface area contributed by atoms with Crippen molar-refractivity contribution in [2.24, 2.45) is 0 Å². The molecule has 0 fully saturated rings. The number of nitrogens with zero attached hydrogens (tertiary/aromatic N) is 2. The van der Waals surface area contributed by atoms with E-state index in [1.807, 2.05) is 32.0 Å². The number of anilines is 1. The van der Waals surface area contributed by atoms with E-state index in [0.717, 1.165) is 11.1 Å². The minimum absolute atomic E-state index is 0.197. The minimum Gasteiger partial charge on any atom is -0.495 e. The molecule has 1 heterocycles. The van der Waals surface area contributed by atoms with E-state index in [9.17, 15) is 4.79 Å². The Bertz CT molecular complexity index is 1010. The van der Waals surface area contributed by atoms with Gasteiger partial charge >= 0.3 is 0 Å². The van der Waals surface area contributed by atoms with Gasteiger partial charge in [0.2, 0.25) is 11.8 Å². The molecular weight excluding hydrogens is 398 g/mol. The molecule has 0 aliphatic rings. The fourth-order valence-electron chi connectivity index (χ4n) is 2.44. The summed E-state index contributed by atoms with van der Waals surface area (Å²) in [6.45, 7) is 5.85. The second-order valence-electron chi connectivity index (χ2n) is 6.27. The zero-order valence-corrected chi connectivity index (χ0v) is 17.5. The Hall–Kier alpha value is -2.51. The number of halogens is 1. The van der Waals surface area contributed by atoms with Crippen LogP contribution in [0.1, 0.15) is 18.1 Å². The fourth-order valence-corrected chi connectivity index (χ4v) is 3.38. The van der Waals surface area contributed by atoms with Crippen LogP contribution in [0.5, 0.6) is 5.75 Å². The topological polar surface area (TPSA) is 77.2 Å². The Morgan fingerprint density at radius 3 is 2.64 bits per heavy atom. The Balaban J connectivity index is 1.65. The number of amides is 1. The average molecular weight is 418 g/mol. The van der Waals surface area contributed by atoms with E-state index in [2.05, 4.69) is 15.5 Å². The number of carbonyl (C=O) groups is 1. The molecule has 3 aromatic rings. The van der Waals surface area contributed by atoms with Gasteiger partial charge in [-0.05, 0) is 62.2 Å². The Morgan fingerprint density at radius 1 is 1.18 bits per heavy atom. The van der Waals surface area contributed by atoms with Crippen molar-refractivity contribution in [3.05, 3.63) is 52.5 Å². The minimum atomic E-state index is -0.436. The summed E-state index contributed by atoms with van der Waals surface area (Å²) in [5, 5.41) is 11.3. The smallest absolute Gasteiger partial charge is 0.277 e. The summed E-state index contributed by atoms with van der Waals surface area (Å²) in [6, 6.07) is 11.0. The highest BCUT2D eigenvalue weighted by Crippen LogP contribution is 2.29. The number of hydrogen-bond donors (Lipinski definition) is 1. The van der Waals surface area contributed by atoms with Crippen molar-refractivity contribution in [1.82, 2.24) is 10.2 Å². The van der Waals surface area contributed by atoms with Crippen molar-refractivity contribution in [3.63, 3.8) is 0 Å². The van der Waals surface area contributed by atoms with Crippen LogP contribution < -0.4 is 10.1 Å². The monoisotopic (exact) mass is 417 g/mol. The molecule has 0 radical (unpaired) electrons. The molecule has 1 aromatic heterocycles. The molecule has 1 N–H and O–H groups in total. The van der Waals surface area contributed by atoms with Gasteiger partial charge in [-0.15, -0.1) is 10.2 Å². The van der Waals surface area contributed by atoms with Crippen molar-refractivity contribution in [1.29, 1.82) is 0 Å². The van der Waals surface area contributed by atoms with Gasteiger partial charge in [0.1, 0.15) is 5.75 Å². The van der Waals surface area contributed by atoms with Gasteiger partial charge < -0.3 is 14.5 Å². The summed E-state index contributed by atoms with van der Waals surface area (Å²) in [4.78, 5) is 12.4. The van der Waals surface area contributed by atoms with E-state index in [4.69, 9.17) is 20.8 Å². The first-order valence-electron chi connectivity index (χ1n) is 8.59. The Morgan fingerprint density at radius 2 is 1.96 bits per heavy atom. The first kappa shape index (κ1) is 20.2. The number of methoxy groups -OCH3 is 1. The number of benzene rings is 2. The molecule has 28 heavy (non-hydrogen) atoms. The van der Waals surface area contributed by atoms with Crippen molar-refractivity contribution in [2.45, 2.75) is 31.2 Å². The van der Waals surface area contributed by atoms with Crippen molar-refractivity contribution in [2.75, 3.05) is 12.4 Å². The first-order valence-corrected chi connectivity index (χ1v) is 9.85. The number of carbonyl (C=O) groups excluding carboxylic acids is 1. The van der Waals surface area contributed by atoms with Crippen LogP contribution in [0.25, 0.3) is 11.5 Å². The summed E-state index contributed by atoms with van der Waals surface area (Å²) in [7, 11) is 1.54. The molecule has 8 heteroatoms. The van der Waals surface area contributed by atoms with Gasteiger partial charge in [0.15, 0.2) is 0 Å².